The molecule has 0 bridgehead atoms. The van der Waals surface area contributed by atoms with Crippen LogP contribution in [-0.4, -0.2) is 15.9 Å². The van der Waals surface area contributed by atoms with E-state index in [1.807, 2.05) is 0 Å². The molecular formula is C11H11F3N4OS. The van der Waals surface area contributed by atoms with Gasteiger partial charge in [-0.05, 0) is 35.6 Å². The zero-order chi connectivity index (χ0) is 14.6. The molecule has 0 aliphatic rings. The third-order valence-electron chi connectivity index (χ3n) is 2.53. The Balaban J connectivity index is 2.03. The van der Waals surface area contributed by atoms with Crippen molar-refractivity contribution in [2.24, 2.45) is 5.84 Å². The number of hydrogen-bond acceptors (Lipinski definition) is 6. The molecule has 1 aromatic carbocycles. The number of aromatic nitrogens is 2. The van der Waals surface area contributed by atoms with E-state index in [1.54, 1.807) is 17.5 Å². The predicted molar refractivity (Wildman–Crippen MR) is 66.8 cm³/mol. The van der Waals surface area contributed by atoms with Crippen LogP contribution in [0.15, 0.2) is 29.6 Å². The lowest BCUT2D eigenvalue weighted by Crippen LogP contribution is -2.29. The molecule has 0 aliphatic carbocycles. The molecule has 1 heterocycles. The van der Waals surface area contributed by atoms with Crippen LogP contribution in [0, 0.1) is 0 Å². The molecular weight excluding hydrogens is 293 g/mol. The van der Waals surface area contributed by atoms with E-state index in [-0.39, 0.29) is 11.8 Å². The number of alkyl halides is 3. The van der Waals surface area contributed by atoms with Gasteiger partial charge in [-0.2, -0.15) is 0 Å². The third kappa shape index (κ3) is 4.15. The fraction of sp³-hybridized carbons (Fsp3) is 0.273. The van der Waals surface area contributed by atoms with Crippen molar-refractivity contribution < 1.29 is 17.9 Å². The fourth-order valence-electron chi connectivity index (χ4n) is 1.64. The predicted octanol–water partition coefficient (Wildman–Crippen LogP) is 2.18. The van der Waals surface area contributed by atoms with E-state index in [1.165, 1.54) is 23.7 Å². The SMILES string of the molecule is NNC(Cc1ccc(OC(F)(F)F)cc1)c1csnn1. The quantitative estimate of drug-likeness (QED) is 0.654. The Morgan fingerprint density at radius 1 is 1.30 bits per heavy atom. The van der Waals surface area contributed by atoms with Gasteiger partial charge in [0, 0.05) is 5.38 Å². The molecule has 1 aromatic heterocycles. The fourth-order valence-corrected chi connectivity index (χ4v) is 2.14. The number of nitrogens with two attached hydrogens (primary N) is 1. The molecule has 0 aliphatic heterocycles. The number of nitrogens with one attached hydrogen (secondary N) is 1. The second-order valence-electron chi connectivity index (χ2n) is 3.94. The number of benzene rings is 1. The number of rotatable bonds is 5. The first-order valence-electron chi connectivity index (χ1n) is 5.55. The van der Waals surface area contributed by atoms with Crippen LogP contribution in [0.2, 0.25) is 0 Å². The molecule has 20 heavy (non-hydrogen) atoms. The van der Waals surface area contributed by atoms with Gasteiger partial charge in [-0.15, -0.1) is 18.3 Å². The first kappa shape index (κ1) is 14.7. The summed E-state index contributed by atoms with van der Waals surface area (Å²) in [5, 5.41) is 5.66. The minimum Gasteiger partial charge on any atom is -0.406 e. The summed E-state index contributed by atoms with van der Waals surface area (Å²) in [4.78, 5) is 0. The highest BCUT2D eigenvalue weighted by atomic mass is 32.1. The van der Waals surface area contributed by atoms with Crippen molar-refractivity contribution in [3.8, 4) is 5.75 Å². The molecule has 2 rings (SSSR count). The Morgan fingerprint density at radius 2 is 2.00 bits per heavy atom. The molecule has 0 radical (unpaired) electrons. The van der Waals surface area contributed by atoms with Gasteiger partial charge in [-0.25, -0.2) is 0 Å². The Hall–Kier alpha value is -1.71. The Bertz CT molecular complexity index is 530. The minimum atomic E-state index is -4.69. The van der Waals surface area contributed by atoms with Gasteiger partial charge in [0.2, 0.25) is 0 Å². The summed E-state index contributed by atoms with van der Waals surface area (Å²) >= 11 is 1.20. The summed E-state index contributed by atoms with van der Waals surface area (Å²) < 4.78 is 43.6. The highest BCUT2D eigenvalue weighted by Crippen LogP contribution is 2.24. The summed E-state index contributed by atoms with van der Waals surface area (Å²) in [5.74, 6) is 5.18. The molecule has 0 saturated carbocycles. The van der Waals surface area contributed by atoms with Gasteiger partial charge in [0.25, 0.3) is 0 Å². The van der Waals surface area contributed by atoms with Crippen LogP contribution >= 0.6 is 11.5 Å². The van der Waals surface area contributed by atoms with Crippen molar-refractivity contribution in [3.63, 3.8) is 0 Å². The summed E-state index contributed by atoms with van der Waals surface area (Å²) in [7, 11) is 0. The smallest absolute Gasteiger partial charge is 0.406 e. The number of nitrogens with zero attached hydrogens (tertiary/aromatic N) is 2. The Kier molecular flexibility index (Phi) is 4.53. The summed E-state index contributed by atoms with van der Waals surface area (Å²) in [6.45, 7) is 0. The van der Waals surface area contributed by atoms with Crippen molar-refractivity contribution in [1.29, 1.82) is 0 Å². The van der Waals surface area contributed by atoms with Crippen molar-refractivity contribution >= 4 is 11.5 Å². The maximum Gasteiger partial charge on any atom is 0.573 e. The number of halogens is 3. The van der Waals surface area contributed by atoms with Crippen LogP contribution in [0.25, 0.3) is 0 Å². The van der Waals surface area contributed by atoms with Crippen LogP contribution in [0.3, 0.4) is 0 Å². The van der Waals surface area contributed by atoms with Gasteiger partial charge >= 0.3 is 6.36 Å². The lowest BCUT2D eigenvalue weighted by Gasteiger charge is -2.13. The maximum atomic E-state index is 12.0. The molecule has 3 N–H and O–H groups in total. The molecule has 2 aromatic rings. The molecule has 0 saturated heterocycles. The Labute approximate surface area is 116 Å². The monoisotopic (exact) mass is 304 g/mol. The average molecular weight is 304 g/mol. The van der Waals surface area contributed by atoms with Gasteiger partial charge in [0.1, 0.15) is 5.75 Å². The zero-order valence-corrected chi connectivity index (χ0v) is 10.9. The van der Waals surface area contributed by atoms with E-state index in [2.05, 4.69) is 19.7 Å². The maximum absolute atomic E-state index is 12.0. The minimum absolute atomic E-state index is 0.247. The van der Waals surface area contributed by atoms with E-state index >= 15 is 0 Å². The first-order chi connectivity index (χ1) is 9.48. The van der Waals surface area contributed by atoms with Gasteiger partial charge < -0.3 is 4.74 Å². The molecule has 1 unspecified atom stereocenters. The second-order valence-corrected chi connectivity index (χ2v) is 4.55. The first-order valence-corrected chi connectivity index (χ1v) is 6.39. The molecule has 0 amide bonds. The topological polar surface area (TPSA) is 73.1 Å². The molecule has 0 spiro atoms. The van der Waals surface area contributed by atoms with E-state index in [0.717, 1.165) is 5.56 Å². The van der Waals surface area contributed by atoms with E-state index in [0.29, 0.717) is 12.1 Å². The summed E-state index contributed by atoms with van der Waals surface area (Å²) in [6.07, 6.45) is -4.21. The van der Waals surface area contributed by atoms with Crippen LogP contribution in [0.4, 0.5) is 13.2 Å². The van der Waals surface area contributed by atoms with Crippen molar-refractivity contribution in [3.05, 3.63) is 40.9 Å². The van der Waals surface area contributed by atoms with Gasteiger partial charge in [-0.1, -0.05) is 16.6 Å². The largest absolute Gasteiger partial charge is 0.573 e. The summed E-state index contributed by atoms with van der Waals surface area (Å²) in [5.41, 5.74) is 4.09. The molecule has 9 heteroatoms. The lowest BCUT2D eigenvalue weighted by atomic mass is 10.0. The number of hydrazine groups is 1. The number of hydrogen-bond donors (Lipinski definition) is 2. The van der Waals surface area contributed by atoms with Crippen LogP contribution < -0.4 is 16.0 Å². The highest BCUT2D eigenvalue weighted by molar-refractivity contribution is 7.03. The van der Waals surface area contributed by atoms with E-state index in [9.17, 15) is 13.2 Å². The van der Waals surface area contributed by atoms with Crippen LogP contribution in [-0.2, 0) is 6.42 Å². The highest BCUT2D eigenvalue weighted by Gasteiger charge is 2.30. The van der Waals surface area contributed by atoms with Gasteiger partial charge in [0.15, 0.2) is 0 Å². The van der Waals surface area contributed by atoms with E-state index in [4.69, 9.17) is 5.84 Å². The van der Waals surface area contributed by atoms with Crippen molar-refractivity contribution in [2.75, 3.05) is 0 Å². The molecule has 0 fully saturated rings. The molecule has 1 atom stereocenters. The molecule has 5 nitrogen and oxygen atoms in total. The normalized spacial score (nSPS) is 13.2. The second kappa shape index (κ2) is 6.16. The van der Waals surface area contributed by atoms with Gasteiger partial charge in [-0.3, -0.25) is 11.3 Å². The third-order valence-corrected chi connectivity index (χ3v) is 3.05. The molecule has 108 valence electrons. The Morgan fingerprint density at radius 3 is 2.50 bits per heavy atom. The van der Waals surface area contributed by atoms with Crippen molar-refractivity contribution in [2.45, 2.75) is 18.8 Å². The lowest BCUT2D eigenvalue weighted by molar-refractivity contribution is -0.274. The van der Waals surface area contributed by atoms with Crippen LogP contribution in [0.5, 0.6) is 5.75 Å². The standard InChI is InChI=1S/C11H11F3N4OS/c12-11(13,14)19-8-3-1-7(2-4-8)5-9(16-15)10-6-20-18-17-10/h1-4,6,9,16H,5,15H2. The van der Waals surface area contributed by atoms with Crippen molar-refractivity contribution in [1.82, 2.24) is 15.0 Å². The number of ether oxygens (including phenoxy) is 1. The average Bonchev–Trinajstić information content (AvgIpc) is 2.90. The summed E-state index contributed by atoms with van der Waals surface area (Å²) in [6, 6.07) is 5.37. The van der Waals surface area contributed by atoms with Gasteiger partial charge in [0.05, 0.1) is 11.7 Å². The van der Waals surface area contributed by atoms with E-state index < -0.39 is 6.36 Å². The van der Waals surface area contributed by atoms with Crippen LogP contribution in [0.1, 0.15) is 17.3 Å². The zero-order valence-electron chi connectivity index (χ0n) is 10.1.